The third-order valence-corrected chi connectivity index (χ3v) is 15.5. The number of anilines is 3. The molecule has 346 valence electrons. The van der Waals surface area contributed by atoms with Gasteiger partial charge in [0.1, 0.15) is 22.3 Å². The number of hydrogen-bond donors (Lipinski definition) is 0. The lowest BCUT2D eigenvalue weighted by Gasteiger charge is -2.35. The molecule has 3 heteroatoms. The minimum atomic E-state index is -0.647. The first-order valence-electron chi connectivity index (χ1n) is 25.4. The first-order chi connectivity index (χ1) is 36.7. The maximum Gasteiger partial charge on any atom is 0.137 e. The van der Waals surface area contributed by atoms with Crippen LogP contribution in [0.5, 0.6) is 0 Å². The van der Waals surface area contributed by atoms with E-state index < -0.39 is 5.41 Å². The fraction of sp³-hybridized carbons (Fsp3) is 0.0141. The maximum absolute atomic E-state index is 6.84. The van der Waals surface area contributed by atoms with Gasteiger partial charge in [0.15, 0.2) is 0 Å². The summed E-state index contributed by atoms with van der Waals surface area (Å²) in [7, 11) is 0. The third kappa shape index (κ3) is 6.46. The quantitative estimate of drug-likeness (QED) is 0.152. The van der Waals surface area contributed by atoms with E-state index in [1.807, 2.05) is 0 Å². The van der Waals surface area contributed by atoms with Crippen molar-refractivity contribution >= 4 is 71.7 Å². The Morgan fingerprint density at radius 3 is 1.46 bits per heavy atom. The normalized spacial score (nSPS) is 14.0. The van der Waals surface area contributed by atoms with Crippen LogP contribution in [0.1, 0.15) is 22.3 Å². The molecule has 0 aliphatic heterocycles. The highest BCUT2D eigenvalue weighted by molar-refractivity contribution is 6.18. The minimum Gasteiger partial charge on any atom is -0.456 e. The lowest BCUT2D eigenvalue weighted by Crippen LogP contribution is -2.28. The van der Waals surface area contributed by atoms with Gasteiger partial charge in [-0.3, -0.25) is 0 Å². The number of hydrogen-bond acceptors (Lipinski definition) is 3. The van der Waals surface area contributed by atoms with E-state index in [2.05, 4.69) is 278 Å². The number of benzene rings is 12. The summed E-state index contributed by atoms with van der Waals surface area (Å²) in [6, 6.07) is 99.2. The molecule has 2 aromatic heterocycles. The molecule has 0 saturated heterocycles. The standard InChI is InChI=1S/C71H45NO2/c1-4-17-46(18-5-1)51-35-38-62-58(42-51)57-27-12-13-28-61(57)71(62,54-23-8-3-9-24-54)55-25-14-26-56(45-55)72(63-29-15-31-67-69(63)59-43-52(36-39-65(59)73-67)47-19-6-2-7-20-47)64-30-16-32-68-70(64)60-44-53(37-40-66(60)74-68)50-34-33-48-21-10-11-22-49(48)41-50/h1-45H. The van der Waals surface area contributed by atoms with Gasteiger partial charge in [-0.25, -0.2) is 0 Å². The molecule has 15 rings (SSSR count). The van der Waals surface area contributed by atoms with Crippen molar-refractivity contribution < 1.29 is 8.83 Å². The molecule has 1 aliphatic carbocycles. The second-order valence-corrected chi connectivity index (χ2v) is 19.5. The van der Waals surface area contributed by atoms with Gasteiger partial charge in [0.25, 0.3) is 0 Å². The molecule has 0 saturated carbocycles. The Labute approximate surface area is 428 Å². The van der Waals surface area contributed by atoms with Crippen molar-refractivity contribution in [3.05, 3.63) is 295 Å². The van der Waals surface area contributed by atoms with Crippen LogP contribution in [-0.2, 0) is 5.41 Å². The minimum absolute atomic E-state index is 0.647. The van der Waals surface area contributed by atoms with E-state index in [0.29, 0.717) is 0 Å². The van der Waals surface area contributed by atoms with Crippen LogP contribution in [0.2, 0.25) is 0 Å². The summed E-state index contributed by atoms with van der Waals surface area (Å²) < 4.78 is 13.6. The highest BCUT2D eigenvalue weighted by Gasteiger charge is 2.46. The van der Waals surface area contributed by atoms with E-state index in [1.165, 1.54) is 55.3 Å². The first kappa shape index (κ1) is 42.0. The third-order valence-electron chi connectivity index (χ3n) is 15.5. The van der Waals surface area contributed by atoms with E-state index in [9.17, 15) is 0 Å². The zero-order valence-corrected chi connectivity index (χ0v) is 40.2. The van der Waals surface area contributed by atoms with E-state index in [4.69, 9.17) is 8.83 Å². The zero-order valence-electron chi connectivity index (χ0n) is 40.2. The molecule has 1 atom stereocenters. The van der Waals surface area contributed by atoms with Gasteiger partial charge < -0.3 is 13.7 Å². The maximum atomic E-state index is 6.84. The molecule has 0 fully saturated rings. The van der Waals surface area contributed by atoms with Crippen molar-refractivity contribution in [1.82, 2.24) is 0 Å². The molecular weight excluding hydrogens is 899 g/mol. The van der Waals surface area contributed by atoms with Gasteiger partial charge in [-0.15, -0.1) is 0 Å². The van der Waals surface area contributed by atoms with E-state index >= 15 is 0 Å². The van der Waals surface area contributed by atoms with E-state index in [-0.39, 0.29) is 0 Å². The van der Waals surface area contributed by atoms with Crippen LogP contribution in [0.4, 0.5) is 17.1 Å². The summed E-state index contributed by atoms with van der Waals surface area (Å²) in [4.78, 5) is 2.45. The Hall–Kier alpha value is -9.70. The molecule has 3 nitrogen and oxygen atoms in total. The van der Waals surface area contributed by atoms with E-state index in [1.54, 1.807) is 0 Å². The summed E-state index contributed by atoms with van der Waals surface area (Å²) >= 11 is 0. The van der Waals surface area contributed by atoms with Crippen LogP contribution in [0, 0.1) is 0 Å². The molecule has 0 radical (unpaired) electrons. The Morgan fingerprint density at radius 2 is 0.784 bits per heavy atom. The summed E-state index contributed by atoms with van der Waals surface area (Å²) in [5, 5.41) is 6.60. The Bertz CT molecular complexity index is 4490. The molecule has 0 spiro atoms. The van der Waals surface area contributed by atoms with Crippen LogP contribution in [0.3, 0.4) is 0 Å². The summed E-state index contributed by atoms with van der Waals surface area (Å²) in [6.07, 6.45) is 0. The molecule has 12 aromatic carbocycles. The van der Waals surface area contributed by atoms with Crippen LogP contribution in [0.25, 0.3) is 99.2 Å². The van der Waals surface area contributed by atoms with Crippen molar-refractivity contribution in [2.75, 3.05) is 4.90 Å². The fourth-order valence-corrected chi connectivity index (χ4v) is 12.2. The molecular formula is C71H45NO2. The van der Waals surface area contributed by atoms with Gasteiger partial charge >= 0.3 is 0 Å². The monoisotopic (exact) mass is 943 g/mol. The summed E-state index contributed by atoms with van der Waals surface area (Å²) in [6.45, 7) is 0. The Balaban J connectivity index is 1.01. The average molecular weight is 944 g/mol. The van der Waals surface area contributed by atoms with Crippen molar-refractivity contribution in [3.8, 4) is 44.5 Å². The predicted molar refractivity (Wildman–Crippen MR) is 307 cm³/mol. The van der Waals surface area contributed by atoms with Gasteiger partial charge in [0.2, 0.25) is 0 Å². The number of fused-ring (bicyclic) bond motifs is 10. The van der Waals surface area contributed by atoms with E-state index in [0.717, 1.165) is 83.2 Å². The SMILES string of the molecule is c1ccc(-c2ccc3c(c2)-c2ccccc2C3(c2ccccc2)c2cccc(N(c3cccc4oc5ccc(-c6ccccc6)cc5c34)c3cccc4oc5ccc(-c6ccc7ccccc7c6)cc5c34)c2)cc1. The molecule has 0 bridgehead atoms. The number of furan rings is 2. The fourth-order valence-electron chi connectivity index (χ4n) is 12.2. The number of nitrogens with zero attached hydrogens (tertiary/aromatic N) is 1. The highest BCUT2D eigenvalue weighted by atomic mass is 16.3. The summed E-state index contributed by atoms with van der Waals surface area (Å²) in [5.41, 5.74) is 20.0. The lowest BCUT2D eigenvalue weighted by molar-refractivity contribution is 0.669. The zero-order chi connectivity index (χ0) is 48.7. The molecule has 1 aliphatic rings. The molecule has 1 unspecified atom stereocenters. The summed E-state index contributed by atoms with van der Waals surface area (Å²) in [5.74, 6) is 0. The van der Waals surface area contributed by atoms with Gasteiger partial charge in [-0.05, 0) is 150 Å². The predicted octanol–water partition coefficient (Wildman–Crippen LogP) is 19.5. The van der Waals surface area contributed by atoms with Crippen molar-refractivity contribution in [3.63, 3.8) is 0 Å². The van der Waals surface area contributed by atoms with Crippen LogP contribution >= 0.6 is 0 Å². The largest absolute Gasteiger partial charge is 0.456 e. The molecule has 0 amide bonds. The molecule has 74 heavy (non-hydrogen) atoms. The second kappa shape index (κ2) is 16.7. The smallest absolute Gasteiger partial charge is 0.137 e. The van der Waals surface area contributed by atoms with Crippen molar-refractivity contribution in [2.45, 2.75) is 5.41 Å². The van der Waals surface area contributed by atoms with Gasteiger partial charge in [-0.1, -0.05) is 200 Å². The average Bonchev–Trinajstić information content (AvgIpc) is 4.14. The van der Waals surface area contributed by atoms with Crippen LogP contribution < -0.4 is 4.90 Å². The van der Waals surface area contributed by atoms with Crippen LogP contribution in [0.15, 0.2) is 282 Å². The molecule has 2 heterocycles. The molecule has 0 N–H and O–H groups in total. The van der Waals surface area contributed by atoms with Gasteiger partial charge in [0, 0.05) is 16.5 Å². The Kier molecular flexibility index (Phi) is 9.48. The Morgan fingerprint density at radius 1 is 0.284 bits per heavy atom. The highest BCUT2D eigenvalue weighted by Crippen LogP contribution is 2.58. The lowest BCUT2D eigenvalue weighted by atomic mass is 9.67. The number of rotatable bonds is 8. The van der Waals surface area contributed by atoms with Gasteiger partial charge in [0.05, 0.1) is 27.6 Å². The van der Waals surface area contributed by atoms with Crippen LogP contribution in [-0.4, -0.2) is 0 Å². The van der Waals surface area contributed by atoms with Crippen molar-refractivity contribution in [2.24, 2.45) is 0 Å². The topological polar surface area (TPSA) is 29.5 Å². The second-order valence-electron chi connectivity index (χ2n) is 19.5. The first-order valence-corrected chi connectivity index (χ1v) is 25.4. The van der Waals surface area contributed by atoms with Gasteiger partial charge in [-0.2, -0.15) is 0 Å². The van der Waals surface area contributed by atoms with Crippen molar-refractivity contribution in [1.29, 1.82) is 0 Å². The molecule has 14 aromatic rings.